The second-order valence-corrected chi connectivity index (χ2v) is 4.71. The summed E-state index contributed by atoms with van der Waals surface area (Å²) >= 11 is 0. The van der Waals surface area contributed by atoms with Crippen LogP contribution in [0.2, 0.25) is 0 Å². The molecule has 0 fully saturated rings. The van der Waals surface area contributed by atoms with Gasteiger partial charge in [0.1, 0.15) is 0 Å². The van der Waals surface area contributed by atoms with Crippen molar-refractivity contribution in [1.82, 2.24) is 5.32 Å². The van der Waals surface area contributed by atoms with Crippen molar-refractivity contribution in [2.24, 2.45) is 0 Å². The monoisotopic (exact) mass is 219 g/mol. The number of terminal acetylenes is 1. The Balaban J connectivity index is 2.35. The minimum Gasteiger partial charge on any atom is -0.314 e. The molecule has 0 aromatic carbocycles. The molecule has 1 N–H and O–H groups in total. The molecule has 1 rings (SSSR count). The first kappa shape index (κ1) is 13.3. The van der Waals surface area contributed by atoms with Gasteiger partial charge in [-0.15, -0.1) is 12.3 Å². The molecule has 1 unspecified atom stereocenters. The van der Waals surface area contributed by atoms with Crippen molar-refractivity contribution >= 4 is 0 Å². The van der Waals surface area contributed by atoms with Crippen LogP contribution in [0.3, 0.4) is 0 Å². The lowest BCUT2D eigenvalue weighted by Crippen LogP contribution is -2.30. The van der Waals surface area contributed by atoms with E-state index in [4.69, 9.17) is 6.42 Å². The molecule has 1 atom stereocenters. The van der Waals surface area contributed by atoms with Gasteiger partial charge in [-0.25, -0.2) is 0 Å². The molecule has 0 spiro atoms. The summed E-state index contributed by atoms with van der Waals surface area (Å²) in [5.41, 5.74) is 1.65. The summed E-state index contributed by atoms with van der Waals surface area (Å²) in [5, 5.41) is 3.62. The number of nitrogens with one attached hydrogen (secondary N) is 1. The largest absolute Gasteiger partial charge is 0.314 e. The predicted molar refractivity (Wildman–Crippen MR) is 71.3 cm³/mol. The molecule has 1 aliphatic rings. The summed E-state index contributed by atoms with van der Waals surface area (Å²) in [6, 6.07) is 0.598. The zero-order valence-electron chi connectivity index (χ0n) is 10.6. The Morgan fingerprint density at radius 2 is 2.38 bits per heavy atom. The van der Waals surface area contributed by atoms with E-state index in [-0.39, 0.29) is 0 Å². The van der Waals surface area contributed by atoms with Crippen LogP contribution in [0, 0.1) is 12.3 Å². The van der Waals surface area contributed by atoms with E-state index in [0.29, 0.717) is 6.04 Å². The first-order valence-electron chi connectivity index (χ1n) is 6.71. The van der Waals surface area contributed by atoms with Gasteiger partial charge < -0.3 is 5.32 Å². The normalized spacial score (nSPS) is 17.6. The molecule has 0 aliphatic heterocycles. The summed E-state index contributed by atoms with van der Waals surface area (Å²) in [7, 11) is 0. The molecule has 1 heteroatoms. The topological polar surface area (TPSA) is 12.0 Å². The summed E-state index contributed by atoms with van der Waals surface area (Å²) in [4.78, 5) is 0. The highest BCUT2D eigenvalue weighted by molar-refractivity contribution is 5.07. The Bertz CT molecular complexity index is 247. The van der Waals surface area contributed by atoms with Gasteiger partial charge in [0.15, 0.2) is 0 Å². The molecule has 0 bridgehead atoms. The van der Waals surface area contributed by atoms with E-state index in [9.17, 15) is 0 Å². The van der Waals surface area contributed by atoms with Gasteiger partial charge in [0.2, 0.25) is 0 Å². The molecule has 0 amide bonds. The lowest BCUT2D eigenvalue weighted by atomic mass is 9.93. The van der Waals surface area contributed by atoms with E-state index < -0.39 is 0 Å². The lowest BCUT2D eigenvalue weighted by Gasteiger charge is -2.21. The third kappa shape index (κ3) is 5.37. The molecular weight excluding hydrogens is 194 g/mol. The van der Waals surface area contributed by atoms with Crippen molar-refractivity contribution in [3.63, 3.8) is 0 Å². The van der Waals surface area contributed by atoms with Gasteiger partial charge in [-0.3, -0.25) is 0 Å². The smallest absolute Gasteiger partial charge is 0.0113 e. The fourth-order valence-corrected chi connectivity index (χ4v) is 2.29. The summed E-state index contributed by atoms with van der Waals surface area (Å²) in [5.74, 6) is 2.75. The maximum absolute atomic E-state index is 5.35. The summed E-state index contributed by atoms with van der Waals surface area (Å²) < 4.78 is 0. The van der Waals surface area contributed by atoms with Gasteiger partial charge >= 0.3 is 0 Å². The molecule has 0 aromatic rings. The van der Waals surface area contributed by atoms with Crippen LogP contribution < -0.4 is 5.32 Å². The van der Waals surface area contributed by atoms with Gasteiger partial charge in [0, 0.05) is 12.5 Å². The summed E-state index contributed by atoms with van der Waals surface area (Å²) in [6.07, 6.45) is 17.6. The molecule has 1 nitrogen and oxygen atoms in total. The Morgan fingerprint density at radius 1 is 1.50 bits per heavy atom. The van der Waals surface area contributed by atoms with E-state index in [0.717, 1.165) is 19.4 Å². The number of allylic oxidation sites excluding steroid dienone is 1. The zero-order valence-corrected chi connectivity index (χ0v) is 10.6. The molecule has 16 heavy (non-hydrogen) atoms. The highest BCUT2D eigenvalue weighted by atomic mass is 14.9. The molecule has 0 radical (unpaired) electrons. The number of hydrogen-bond donors (Lipinski definition) is 1. The first-order chi connectivity index (χ1) is 7.86. The van der Waals surface area contributed by atoms with Crippen LogP contribution in [-0.4, -0.2) is 12.6 Å². The van der Waals surface area contributed by atoms with Crippen molar-refractivity contribution in [3.05, 3.63) is 11.6 Å². The van der Waals surface area contributed by atoms with Gasteiger partial charge in [-0.05, 0) is 51.5 Å². The van der Waals surface area contributed by atoms with Crippen molar-refractivity contribution < 1.29 is 0 Å². The standard InChI is InChI=1S/C15H25N/c1-3-5-11-15(16-12-4-2)13-14-9-7-6-8-10-14/h1,9,15-16H,4-8,10-13H2,2H3. The third-order valence-electron chi connectivity index (χ3n) is 3.21. The second kappa shape index (κ2) is 8.42. The maximum atomic E-state index is 5.35. The van der Waals surface area contributed by atoms with Crippen molar-refractivity contribution in [3.8, 4) is 12.3 Å². The fraction of sp³-hybridized carbons (Fsp3) is 0.733. The van der Waals surface area contributed by atoms with E-state index in [1.807, 2.05) is 0 Å². The van der Waals surface area contributed by atoms with Crippen LogP contribution in [0.5, 0.6) is 0 Å². The van der Waals surface area contributed by atoms with Crippen molar-refractivity contribution in [2.45, 2.75) is 64.3 Å². The molecule has 90 valence electrons. The van der Waals surface area contributed by atoms with E-state index in [1.54, 1.807) is 5.57 Å². The minimum atomic E-state index is 0.598. The van der Waals surface area contributed by atoms with Crippen LogP contribution in [0.4, 0.5) is 0 Å². The predicted octanol–water partition coefficient (Wildman–Crippen LogP) is 3.66. The quantitative estimate of drug-likeness (QED) is 0.509. The molecule has 0 saturated carbocycles. The molecule has 1 aliphatic carbocycles. The lowest BCUT2D eigenvalue weighted by molar-refractivity contribution is 0.471. The van der Waals surface area contributed by atoms with Crippen LogP contribution in [-0.2, 0) is 0 Å². The SMILES string of the molecule is C#CCCC(CC1=CCCCC1)NCCC. The number of rotatable bonds is 7. The van der Waals surface area contributed by atoms with Crippen LogP contribution >= 0.6 is 0 Å². The second-order valence-electron chi connectivity index (χ2n) is 4.71. The van der Waals surface area contributed by atoms with Crippen LogP contribution in [0.25, 0.3) is 0 Å². The molecule has 0 heterocycles. The molecule has 0 saturated heterocycles. The fourth-order valence-electron chi connectivity index (χ4n) is 2.29. The van der Waals surface area contributed by atoms with Gasteiger partial charge in [0.25, 0.3) is 0 Å². The van der Waals surface area contributed by atoms with Crippen LogP contribution in [0.1, 0.15) is 58.3 Å². The summed E-state index contributed by atoms with van der Waals surface area (Å²) in [6.45, 7) is 3.33. The Kier molecular flexibility index (Phi) is 7.01. The highest BCUT2D eigenvalue weighted by Crippen LogP contribution is 2.22. The number of hydrogen-bond acceptors (Lipinski definition) is 1. The zero-order chi connectivity index (χ0) is 11.6. The van der Waals surface area contributed by atoms with Crippen molar-refractivity contribution in [2.75, 3.05) is 6.54 Å². The Morgan fingerprint density at radius 3 is 3.00 bits per heavy atom. The van der Waals surface area contributed by atoms with Crippen LogP contribution in [0.15, 0.2) is 11.6 Å². The van der Waals surface area contributed by atoms with Gasteiger partial charge in [0.05, 0.1) is 0 Å². The maximum Gasteiger partial charge on any atom is 0.0113 e. The van der Waals surface area contributed by atoms with Crippen molar-refractivity contribution in [1.29, 1.82) is 0 Å². The molecule has 0 aromatic heterocycles. The van der Waals surface area contributed by atoms with Gasteiger partial charge in [-0.2, -0.15) is 0 Å². The van der Waals surface area contributed by atoms with E-state index >= 15 is 0 Å². The van der Waals surface area contributed by atoms with E-state index in [1.165, 1.54) is 38.5 Å². The minimum absolute atomic E-state index is 0.598. The van der Waals surface area contributed by atoms with Gasteiger partial charge in [-0.1, -0.05) is 18.6 Å². The Hall–Kier alpha value is -0.740. The average Bonchev–Trinajstić information content (AvgIpc) is 2.34. The molecular formula is C15H25N. The third-order valence-corrected chi connectivity index (χ3v) is 3.21. The van der Waals surface area contributed by atoms with E-state index in [2.05, 4.69) is 24.2 Å². The average molecular weight is 219 g/mol. The Labute approximate surface area is 101 Å². The first-order valence-corrected chi connectivity index (χ1v) is 6.71. The highest BCUT2D eigenvalue weighted by Gasteiger charge is 2.11.